The molecule has 0 atom stereocenters. The van der Waals surface area contributed by atoms with Gasteiger partial charge in [-0.25, -0.2) is 4.98 Å². The fraction of sp³-hybridized carbons (Fsp3) is 0.467. The molecule has 22 heavy (non-hydrogen) atoms. The van der Waals surface area contributed by atoms with Crippen LogP contribution < -0.4 is 0 Å². The summed E-state index contributed by atoms with van der Waals surface area (Å²) in [5.41, 5.74) is 3.91. The maximum absolute atomic E-state index is 6.51. The Hall–Kier alpha value is -1.95. The van der Waals surface area contributed by atoms with Gasteiger partial charge in [-0.3, -0.25) is 0 Å². The lowest BCUT2D eigenvalue weighted by molar-refractivity contribution is 0.358. The number of halogens is 1. The van der Waals surface area contributed by atoms with Gasteiger partial charge in [0.05, 0.1) is 0 Å². The first-order valence-corrected chi connectivity index (χ1v) is 7.97. The van der Waals surface area contributed by atoms with E-state index >= 15 is 0 Å². The third-order valence-corrected chi connectivity index (χ3v) is 5.25. The lowest BCUT2D eigenvalue weighted by Gasteiger charge is -2.38. The molecule has 2 bridgehead atoms. The minimum Gasteiger partial charge on any atom is -0.449 e. The highest BCUT2D eigenvalue weighted by Gasteiger charge is 2.38. The van der Waals surface area contributed by atoms with Crippen LogP contribution >= 0.6 is 11.6 Å². The minimum absolute atomic E-state index is 0.527. The van der Waals surface area contributed by atoms with Crippen LogP contribution in [0.4, 0.5) is 0 Å². The number of rotatable bonds is 1. The standard InChI is InChI=1S/C15H14ClN5O/c1-7-17-10(6-22-7)14-18-19-15-12-9-4-2-8(3-5-9)11(12)13(16)20-21(14)15/h6,8-9H,2-5H2,1H3. The summed E-state index contributed by atoms with van der Waals surface area (Å²) in [6.07, 6.45) is 6.41. The van der Waals surface area contributed by atoms with Gasteiger partial charge in [0.15, 0.2) is 16.7 Å². The lowest BCUT2D eigenvalue weighted by Crippen LogP contribution is -2.24. The topological polar surface area (TPSA) is 69.1 Å². The van der Waals surface area contributed by atoms with E-state index in [4.69, 9.17) is 16.0 Å². The zero-order valence-electron chi connectivity index (χ0n) is 12.1. The molecule has 0 unspecified atom stereocenters. The van der Waals surface area contributed by atoms with E-state index < -0.39 is 0 Å². The molecule has 3 aromatic heterocycles. The first kappa shape index (κ1) is 12.6. The van der Waals surface area contributed by atoms with E-state index in [1.807, 2.05) is 0 Å². The molecule has 112 valence electrons. The van der Waals surface area contributed by atoms with Gasteiger partial charge in [0.25, 0.3) is 0 Å². The SMILES string of the molecule is Cc1nc(-c2nnc3c4c(c(Cl)nn23)C2CCC4CC2)co1. The van der Waals surface area contributed by atoms with Crippen molar-refractivity contribution in [2.45, 2.75) is 44.4 Å². The van der Waals surface area contributed by atoms with Crippen molar-refractivity contribution in [2.75, 3.05) is 0 Å². The maximum atomic E-state index is 6.51. The van der Waals surface area contributed by atoms with Crippen molar-refractivity contribution in [1.82, 2.24) is 24.8 Å². The van der Waals surface area contributed by atoms with Gasteiger partial charge in [-0.1, -0.05) is 11.6 Å². The number of fused-ring (bicyclic) bond motifs is 3. The molecule has 0 aliphatic heterocycles. The van der Waals surface area contributed by atoms with E-state index in [1.54, 1.807) is 17.7 Å². The van der Waals surface area contributed by atoms with Gasteiger partial charge < -0.3 is 4.42 Å². The second-order valence-electron chi connectivity index (χ2n) is 6.18. The summed E-state index contributed by atoms with van der Waals surface area (Å²) in [6, 6.07) is 0. The Labute approximate surface area is 131 Å². The Morgan fingerprint density at radius 3 is 2.55 bits per heavy atom. The molecule has 0 N–H and O–H groups in total. The molecule has 1 fully saturated rings. The van der Waals surface area contributed by atoms with Crippen molar-refractivity contribution in [3.63, 3.8) is 0 Å². The van der Waals surface area contributed by atoms with Crippen LogP contribution in [0.1, 0.15) is 54.5 Å². The van der Waals surface area contributed by atoms with Crippen LogP contribution in [0.25, 0.3) is 17.2 Å². The first-order chi connectivity index (χ1) is 10.7. The highest BCUT2D eigenvalue weighted by molar-refractivity contribution is 6.30. The van der Waals surface area contributed by atoms with E-state index in [1.165, 1.54) is 36.8 Å². The van der Waals surface area contributed by atoms with Crippen LogP contribution in [0.3, 0.4) is 0 Å². The molecule has 0 saturated heterocycles. The highest BCUT2D eigenvalue weighted by atomic mass is 35.5. The van der Waals surface area contributed by atoms with Crippen LogP contribution in [0.15, 0.2) is 10.7 Å². The quantitative estimate of drug-likeness (QED) is 0.687. The molecular formula is C15H14ClN5O. The molecule has 3 aromatic rings. The van der Waals surface area contributed by atoms with E-state index in [-0.39, 0.29) is 0 Å². The molecule has 6 nitrogen and oxygen atoms in total. The predicted molar refractivity (Wildman–Crippen MR) is 80.0 cm³/mol. The number of aryl methyl sites for hydroxylation is 1. The summed E-state index contributed by atoms with van der Waals surface area (Å²) in [5, 5.41) is 13.8. The van der Waals surface area contributed by atoms with Crippen LogP contribution in [0, 0.1) is 6.92 Å². The third kappa shape index (κ3) is 1.56. The normalized spacial score (nSPS) is 23.2. The number of aromatic nitrogens is 5. The van der Waals surface area contributed by atoms with Gasteiger partial charge in [-0.2, -0.15) is 9.61 Å². The molecule has 0 amide bonds. The minimum atomic E-state index is 0.527. The monoisotopic (exact) mass is 315 g/mol. The van der Waals surface area contributed by atoms with Gasteiger partial charge in [0, 0.05) is 18.1 Å². The molecule has 0 spiro atoms. The fourth-order valence-corrected chi connectivity index (χ4v) is 4.33. The largest absolute Gasteiger partial charge is 0.449 e. The summed E-state index contributed by atoms with van der Waals surface area (Å²) >= 11 is 6.51. The molecule has 3 aliphatic rings. The van der Waals surface area contributed by atoms with Crippen molar-refractivity contribution in [1.29, 1.82) is 0 Å². The zero-order valence-corrected chi connectivity index (χ0v) is 12.8. The Morgan fingerprint density at radius 1 is 1.14 bits per heavy atom. The lowest BCUT2D eigenvalue weighted by atomic mass is 9.68. The molecular weight excluding hydrogens is 302 g/mol. The van der Waals surface area contributed by atoms with Gasteiger partial charge in [0.1, 0.15) is 12.0 Å². The van der Waals surface area contributed by atoms with Gasteiger partial charge in [-0.05, 0) is 37.5 Å². The summed E-state index contributed by atoms with van der Waals surface area (Å²) in [6.45, 7) is 1.80. The van der Waals surface area contributed by atoms with Gasteiger partial charge in [0.2, 0.25) is 5.82 Å². The second-order valence-corrected chi connectivity index (χ2v) is 6.54. The van der Waals surface area contributed by atoms with Gasteiger partial charge >= 0.3 is 0 Å². The number of oxazole rings is 1. The van der Waals surface area contributed by atoms with Crippen LogP contribution in [0.5, 0.6) is 0 Å². The Morgan fingerprint density at radius 2 is 1.86 bits per heavy atom. The second kappa shape index (κ2) is 4.29. The van der Waals surface area contributed by atoms with E-state index in [9.17, 15) is 0 Å². The molecule has 7 heteroatoms. The van der Waals surface area contributed by atoms with Crippen molar-refractivity contribution in [3.05, 3.63) is 28.4 Å². The number of hydrogen-bond acceptors (Lipinski definition) is 5. The number of nitrogens with zero attached hydrogens (tertiary/aromatic N) is 5. The summed E-state index contributed by atoms with van der Waals surface area (Å²) in [7, 11) is 0. The van der Waals surface area contributed by atoms with Crippen LogP contribution in [0.2, 0.25) is 5.15 Å². The smallest absolute Gasteiger partial charge is 0.207 e. The third-order valence-electron chi connectivity index (χ3n) is 4.97. The van der Waals surface area contributed by atoms with Gasteiger partial charge in [-0.15, -0.1) is 10.2 Å². The molecule has 0 radical (unpaired) electrons. The predicted octanol–water partition coefficient (Wildman–Crippen LogP) is 3.50. The van der Waals surface area contributed by atoms with Crippen molar-refractivity contribution in [3.8, 4) is 11.5 Å². The molecule has 0 aromatic carbocycles. The average molecular weight is 316 g/mol. The van der Waals surface area contributed by atoms with E-state index in [2.05, 4.69) is 20.3 Å². The molecule has 1 saturated carbocycles. The molecule has 3 aliphatic carbocycles. The zero-order chi connectivity index (χ0) is 14.8. The molecule has 3 heterocycles. The average Bonchev–Trinajstić information content (AvgIpc) is 3.14. The van der Waals surface area contributed by atoms with E-state index in [0.717, 1.165) is 5.65 Å². The van der Waals surface area contributed by atoms with Crippen molar-refractivity contribution < 1.29 is 4.42 Å². The maximum Gasteiger partial charge on any atom is 0.207 e. The number of hydrogen-bond donors (Lipinski definition) is 0. The Kier molecular flexibility index (Phi) is 2.45. The van der Waals surface area contributed by atoms with Crippen molar-refractivity contribution >= 4 is 17.2 Å². The Balaban J connectivity index is 1.81. The fourth-order valence-electron chi connectivity index (χ4n) is 4.00. The van der Waals surface area contributed by atoms with Crippen molar-refractivity contribution in [2.24, 2.45) is 0 Å². The Bertz CT molecular complexity index is 891. The first-order valence-electron chi connectivity index (χ1n) is 7.59. The van der Waals surface area contributed by atoms with E-state index in [0.29, 0.717) is 34.4 Å². The van der Waals surface area contributed by atoms with Crippen LogP contribution in [-0.2, 0) is 0 Å². The summed E-state index contributed by atoms with van der Waals surface area (Å²) < 4.78 is 7.00. The van der Waals surface area contributed by atoms with Crippen LogP contribution in [-0.4, -0.2) is 24.8 Å². The summed E-state index contributed by atoms with van der Waals surface area (Å²) in [5.74, 6) is 2.23. The summed E-state index contributed by atoms with van der Waals surface area (Å²) in [4.78, 5) is 4.32. The highest BCUT2D eigenvalue weighted by Crippen LogP contribution is 2.52. The molecule has 6 rings (SSSR count).